The van der Waals surface area contributed by atoms with Crippen LogP contribution in [0.1, 0.15) is 181 Å². The van der Waals surface area contributed by atoms with Crippen molar-refractivity contribution in [2.45, 2.75) is 211 Å². The zero-order chi connectivity index (χ0) is 55.4. The van der Waals surface area contributed by atoms with E-state index < -0.39 is 27.8 Å². The Bertz CT molecular complexity index is 3170. The molecule has 0 N–H and O–H groups in total. The predicted octanol–water partition coefficient (Wildman–Crippen LogP) is 18.6. The molecule has 414 valence electrons. The van der Waals surface area contributed by atoms with Gasteiger partial charge in [0.1, 0.15) is 18.6 Å². The van der Waals surface area contributed by atoms with E-state index in [4.69, 9.17) is 9.47 Å². The predicted molar refractivity (Wildman–Crippen MR) is 327 cm³/mol. The number of aryl methyl sites for hydroxylation is 8. The first-order valence-electron chi connectivity index (χ1n) is 29.2. The Hall–Kier alpha value is -4.75. The summed E-state index contributed by atoms with van der Waals surface area (Å²) in [5.41, 5.74) is 15.1. The average Bonchev–Trinajstić information content (AvgIpc) is 3.98. The summed E-state index contributed by atoms with van der Waals surface area (Å²) in [5, 5.41) is 2.22. The molecule has 0 saturated heterocycles. The number of unbranched alkanes of at least 4 members (excludes halogenated alkanes) is 15. The lowest BCUT2D eigenvalue weighted by atomic mass is 9.99. The van der Waals surface area contributed by atoms with E-state index in [1.807, 2.05) is 45.9 Å². The minimum absolute atomic E-state index is 0.409. The molecule has 0 saturated carbocycles. The van der Waals surface area contributed by atoms with Gasteiger partial charge in [-0.3, -0.25) is 0 Å². The second-order valence-electron chi connectivity index (χ2n) is 22.4. The van der Waals surface area contributed by atoms with Crippen LogP contribution in [0.3, 0.4) is 0 Å². The molecule has 6 aromatic rings. The molecule has 1 atom stereocenters. The van der Waals surface area contributed by atoms with Crippen LogP contribution >= 0.6 is 7.14 Å². The third kappa shape index (κ3) is 14.0. The van der Waals surface area contributed by atoms with Crippen LogP contribution in [0.25, 0.3) is 33.4 Å². The quantitative estimate of drug-likeness (QED) is 0.0468. The van der Waals surface area contributed by atoms with Gasteiger partial charge in [0.15, 0.2) is 0 Å². The standard InChI is InChI=1S/C23H30O3S.C23H30O2S.C22H29OP/c1-5-6-7-8-9-10-11-26-21-15-20-19-12-16(2)17(3)13-22(19)27(24,25)23(20)14-18(21)4;1-5-6-7-8-9-10-11-25-21-15-20-19-12-16(2)17(3)13-22(19)26(24)23(20)14-18(21)4;1-4-5-6-7-8-9-14-24(23)21-15-17(2)10-12-19(21)20-13-11-18(3)16-22(20)24/h12-15H,5-11H2,1-4H3;12-15H,5-11H2,1-4H3;10-13,15-16H,4-9,14H2,1-3H3. The van der Waals surface area contributed by atoms with Gasteiger partial charge in [-0.05, 0) is 185 Å². The molecule has 9 rings (SSSR count). The second kappa shape index (κ2) is 27.4. The molecule has 0 radical (unpaired) electrons. The van der Waals surface area contributed by atoms with Crippen molar-refractivity contribution in [3.8, 4) is 44.9 Å². The van der Waals surface area contributed by atoms with Gasteiger partial charge in [-0.2, -0.15) is 0 Å². The summed E-state index contributed by atoms with van der Waals surface area (Å²) in [4.78, 5) is 2.70. The highest BCUT2D eigenvalue weighted by atomic mass is 32.2. The number of fused-ring (bicyclic) bond motifs is 9. The molecule has 9 heteroatoms. The van der Waals surface area contributed by atoms with Gasteiger partial charge < -0.3 is 14.0 Å². The van der Waals surface area contributed by atoms with Crippen LogP contribution in [-0.4, -0.2) is 32.0 Å². The van der Waals surface area contributed by atoms with Crippen molar-refractivity contribution < 1.29 is 26.7 Å². The Morgan fingerprint density at radius 2 is 0.766 bits per heavy atom. The molecule has 0 aliphatic carbocycles. The Kier molecular flexibility index (Phi) is 21.3. The summed E-state index contributed by atoms with van der Waals surface area (Å²) in [6.45, 7) is 24.5. The Balaban J connectivity index is 0.000000168. The van der Waals surface area contributed by atoms with Gasteiger partial charge in [0, 0.05) is 33.5 Å². The van der Waals surface area contributed by atoms with Gasteiger partial charge in [0.05, 0.1) is 43.6 Å². The summed E-state index contributed by atoms with van der Waals surface area (Å²) in [6.07, 6.45) is 23.2. The average molecular weight is 1100 g/mol. The molecule has 3 heterocycles. The van der Waals surface area contributed by atoms with Crippen LogP contribution < -0.4 is 20.1 Å². The third-order valence-corrected chi connectivity index (χ3v) is 22.6. The minimum Gasteiger partial charge on any atom is -0.493 e. The largest absolute Gasteiger partial charge is 0.493 e. The van der Waals surface area contributed by atoms with Crippen molar-refractivity contribution in [2.75, 3.05) is 19.4 Å². The molecule has 6 aromatic carbocycles. The van der Waals surface area contributed by atoms with E-state index in [0.717, 1.165) is 108 Å². The fraction of sp³-hybridized carbons (Fsp3) is 0.471. The first-order chi connectivity index (χ1) is 36.9. The van der Waals surface area contributed by atoms with Gasteiger partial charge in [0.2, 0.25) is 9.84 Å². The van der Waals surface area contributed by atoms with Crippen LogP contribution in [0, 0.1) is 55.4 Å². The fourth-order valence-electron chi connectivity index (χ4n) is 11.0. The molecule has 0 amide bonds. The Morgan fingerprint density at radius 3 is 1.27 bits per heavy atom. The molecule has 0 bridgehead atoms. The first kappa shape index (κ1) is 59.9. The normalized spacial score (nSPS) is 14.5. The number of rotatable bonds is 23. The monoisotopic (exact) mass is 1100 g/mol. The maximum Gasteiger partial charge on any atom is 0.207 e. The highest BCUT2D eigenvalue weighted by Gasteiger charge is 2.38. The molecule has 6 nitrogen and oxygen atoms in total. The van der Waals surface area contributed by atoms with Crippen molar-refractivity contribution in [1.29, 1.82) is 0 Å². The first-order valence-corrected chi connectivity index (χ1v) is 33.7. The van der Waals surface area contributed by atoms with Crippen LogP contribution in [0.15, 0.2) is 105 Å². The third-order valence-electron chi connectivity index (χ3n) is 16.0. The number of ether oxygens (including phenoxy) is 2. The van der Waals surface area contributed by atoms with Gasteiger partial charge in [-0.1, -0.05) is 152 Å². The topological polar surface area (TPSA) is 86.7 Å². The lowest BCUT2D eigenvalue weighted by Crippen LogP contribution is -2.14. The molecular formula is C68H89O6PS2. The van der Waals surface area contributed by atoms with Crippen molar-refractivity contribution in [1.82, 2.24) is 0 Å². The van der Waals surface area contributed by atoms with Crippen molar-refractivity contribution >= 4 is 38.4 Å². The van der Waals surface area contributed by atoms with E-state index in [0.29, 0.717) is 16.4 Å². The van der Waals surface area contributed by atoms with E-state index in [9.17, 15) is 17.2 Å². The maximum atomic E-state index is 14.1. The van der Waals surface area contributed by atoms with Crippen molar-refractivity contribution in [2.24, 2.45) is 0 Å². The molecular weight excluding hydrogens is 1010 g/mol. The van der Waals surface area contributed by atoms with Crippen molar-refractivity contribution in [3.05, 3.63) is 129 Å². The van der Waals surface area contributed by atoms with Gasteiger partial charge in [0.25, 0.3) is 0 Å². The highest BCUT2D eigenvalue weighted by Crippen LogP contribution is 2.54. The molecule has 77 heavy (non-hydrogen) atoms. The molecule has 1 unspecified atom stereocenters. The highest BCUT2D eigenvalue weighted by molar-refractivity contribution is 7.92. The van der Waals surface area contributed by atoms with Crippen LogP contribution in [0.4, 0.5) is 0 Å². The minimum atomic E-state index is -3.44. The number of hydrogen-bond donors (Lipinski definition) is 0. The van der Waals surface area contributed by atoms with E-state index in [-0.39, 0.29) is 0 Å². The van der Waals surface area contributed by atoms with E-state index in [1.54, 1.807) is 12.1 Å². The van der Waals surface area contributed by atoms with Crippen LogP contribution in [0.2, 0.25) is 0 Å². The van der Waals surface area contributed by atoms with Gasteiger partial charge >= 0.3 is 0 Å². The SMILES string of the molecule is CCCCCCCCOc1cc2c(cc1C)S(=O)(=O)c1cc(C)c(C)cc1-2.CCCCCCCCOc1cc2c(cc1C)S(=O)c1cc(C)c(C)cc1-2.CCCCCCCCP1(=O)c2cc(C)ccc2-c2ccc(C)cc21. The summed E-state index contributed by atoms with van der Waals surface area (Å²) < 4.78 is 64.9. The Labute approximate surface area is 467 Å². The number of sulfone groups is 1. The molecule has 0 spiro atoms. The lowest BCUT2D eigenvalue weighted by molar-refractivity contribution is 0.302. The molecule has 0 fully saturated rings. The Morgan fingerprint density at radius 1 is 0.403 bits per heavy atom. The zero-order valence-electron chi connectivity index (χ0n) is 48.6. The van der Waals surface area contributed by atoms with Crippen molar-refractivity contribution in [3.63, 3.8) is 0 Å². The summed E-state index contributed by atoms with van der Waals surface area (Å²) in [7, 11) is -6.97. The summed E-state index contributed by atoms with van der Waals surface area (Å²) >= 11 is 0. The smallest absolute Gasteiger partial charge is 0.207 e. The van der Waals surface area contributed by atoms with E-state index in [1.165, 1.54) is 130 Å². The number of benzene rings is 6. The fourth-order valence-corrected chi connectivity index (χ4v) is 17.8. The summed E-state index contributed by atoms with van der Waals surface area (Å²) in [6, 6.07) is 28.8. The maximum absolute atomic E-state index is 14.1. The second-order valence-corrected chi connectivity index (χ2v) is 28.6. The van der Waals surface area contributed by atoms with E-state index >= 15 is 0 Å². The number of hydrogen-bond acceptors (Lipinski definition) is 6. The van der Waals surface area contributed by atoms with Crippen LogP contribution in [-0.2, 0) is 25.2 Å². The van der Waals surface area contributed by atoms with E-state index in [2.05, 4.69) is 103 Å². The van der Waals surface area contributed by atoms with Gasteiger partial charge in [-0.15, -0.1) is 0 Å². The van der Waals surface area contributed by atoms with Crippen LogP contribution in [0.5, 0.6) is 11.5 Å². The molecule has 3 aliphatic heterocycles. The summed E-state index contributed by atoms with van der Waals surface area (Å²) in [5.74, 6) is 1.73. The lowest BCUT2D eigenvalue weighted by Gasteiger charge is -2.16. The molecule has 3 aliphatic rings. The molecule has 0 aromatic heterocycles. The van der Waals surface area contributed by atoms with Gasteiger partial charge in [-0.25, -0.2) is 12.6 Å². The zero-order valence-corrected chi connectivity index (χ0v) is 51.2.